The number of likely N-dealkylation sites (tertiary alicyclic amines) is 1. The molecule has 1 aliphatic rings. The van der Waals surface area contributed by atoms with Gasteiger partial charge in [0.05, 0.1) is 0 Å². The average Bonchev–Trinajstić information content (AvgIpc) is 3.05. The van der Waals surface area contributed by atoms with Crippen molar-refractivity contribution in [2.75, 3.05) is 13.1 Å². The highest BCUT2D eigenvalue weighted by atomic mass is 16.2. The van der Waals surface area contributed by atoms with Crippen LogP contribution in [0.5, 0.6) is 0 Å². The Morgan fingerprint density at radius 2 is 1.78 bits per heavy atom. The molecule has 3 aromatic rings. The normalized spacial score (nSPS) is 17.2. The first-order valence-corrected chi connectivity index (χ1v) is 9.54. The first kappa shape index (κ1) is 17.5. The fourth-order valence-corrected chi connectivity index (χ4v) is 4.02. The molecule has 4 nitrogen and oxygen atoms in total. The predicted octanol–water partition coefficient (Wildman–Crippen LogP) is 3.84. The molecule has 0 spiro atoms. The minimum absolute atomic E-state index is 0.0194. The Kier molecular flexibility index (Phi) is 4.80. The number of ketones is 1. The van der Waals surface area contributed by atoms with Gasteiger partial charge in [-0.25, -0.2) is 0 Å². The van der Waals surface area contributed by atoms with Gasteiger partial charge in [0.1, 0.15) is 11.5 Å². The van der Waals surface area contributed by atoms with Crippen LogP contribution in [0.1, 0.15) is 28.9 Å². The zero-order valence-corrected chi connectivity index (χ0v) is 15.6. The number of Topliss-reactive ketones (excluding diaryl/α,β-unsaturated/α-hetero) is 1. The van der Waals surface area contributed by atoms with Crippen LogP contribution in [-0.4, -0.2) is 34.2 Å². The molecule has 1 amide bonds. The molecule has 1 atom stereocenters. The minimum Gasteiger partial charge on any atom is -0.340 e. The Labute approximate surface area is 159 Å². The van der Waals surface area contributed by atoms with E-state index in [0.717, 1.165) is 35.9 Å². The summed E-state index contributed by atoms with van der Waals surface area (Å²) in [5.74, 6) is 0.180. The van der Waals surface area contributed by atoms with Crippen molar-refractivity contribution in [3.8, 4) is 0 Å². The van der Waals surface area contributed by atoms with Gasteiger partial charge in [-0.1, -0.05) is 48.5 Å². The molecular weight excluding hydrogens is 336 g/mol. The van der Waals surface area contributed by atoms with Crippen LogP contribution in [0.2, 0.25) is 0 Å². The number of para-hydroxylation sites is 1. The van der Waals surface area contributed by atoms with Crippen LogP contribution in [0, 0.1) is 5.92 Å². The van der Waals surface area contributed by atoms with E-state index < -0.39 is 0 Å². The van der Waals surface area contributed by atoms with Crippen molar-refractivity contribution in [2.24, 2.45) is 13.0 Å². The molecule has 1 aliphatic heterocycles. The Hall–Kier alpha value is -2.88. The summed E-state index contributed by atoms with van der Waals surface area (Å²) in [6.07, 6.45) is 2.19. The van der Waals surface area contributed by atoms with E-state index in [1.54, 1.807) is 0 Å². The van der Waals surface area contributed by atoms with E-state index in [1.165, 1.54) is 0 Å². The van der Waals surface area contributed by atoms with Gasteiger partial charge in [-0.3, -0.25) is 9.59 Å². The van der Waals surface area contributed by atoms with Crippen molar-refractivity contribution in [2.45, 2.75) is 19.3 Å². The molecular formula is C23H24N2O2. The number of hydrogen-bond acceptors (Lipinski definition) is 2. The van der Waals surface area contributed by atoms with Crippen LogP contribution in [0.25, 0.3) is 10.9 Å². The van der Waals surface area contributed by atoms with Crippen LogP contribution in [-0.2, 0) is 18.3 Å². The molecule has 0 radical (unpaired) electrons. The molecule has 0 saturated carbocycles. The molecule has 2 heterocycles. The molecule has 0 aliphatic carbocycles. The maximum absolute atomic E-state index is 13.1. The van der Waals surface area contributed by atoms with Gasteiger partial charge >= 0.3 is 0 Å². The van der Waals surface area contributed by atoms with E-state index in [0.29, 0.717) is 18.7 Å². The second-order valence-electron chi connectivity index (χ2n) is 7.37. The monoisotopic (exact) mass is 360 g/mol. The van der Waals surface area contributed by atoms with Crippen LogP contribution in [0.4, 0.5) is 0 Å². The molecule has 0 N–H and O–H groups in total. The van der Waals surface area contributed by atoms with Gasteiger partial charge < -0.3 is 9.47 Å². The Bertz CT molecular complexity index is 974. The number of piperidine rings is 1. The fraction of sp³-hybridized carbons (Fsp3) is 0.304. The molecule has 1 aromatic heterocycles. The SMILES string of the molecule is Cn1c(C(=O)N2CCCC(C(=O)Cc3ccccc3)C2)cc2ccccc21. The quantitative estimate of drug-likeness (QED) is 0.709. The second kappa shape index (κ2) is 7.39. The highest BCUT2D eigenvalue weighted by Crippen LogP contribution is 2.24. The highest BCUT2D eigenvalue weighted by molar-refractivity contribution is 5.99. The van der Waals surface area contributed by atoms with Crippen molar-refractivity contribution < 1.29 is 9.59 Å². The van der Waals surface area contributed by atoms with E-state index >= 15 is 0 Å². The number of carbonyl (C=O) groups is 2. The van der Waals surface area contributed by atoms with E-state index in [4.69, 9.17) is 0 Å². The van der Waals surface area contributed by atoms with Crippen molar-refractivity contribution >= 4 is 22.6 Å². The second-order valence-corrected chi connectivity index (χ2v) is 7.37. The van der Waals surface area contributed by atoms with Gasteiger partial charge in [-0.2, -0.15) is 0 Å². The van der Waals surface area contributed by atoms with E-state index in [1.807, 2.05) is 77.2 Å². The van der Waals surface area contributed by atoms with Crippen molar-refractivity contribution in [3.05, 3.63) is 71.9 Å². The lowest BCUT2D eigenvalue weighted by atomic mass is 9.90. The van der Waals surface area contributed by atoms with Crippen LogP contribution >= 0.6 is 0 Å². The molecule has 1 unspecified atom stereocenters. The molecule has 4 rings (SSSR count). The third-order valence-electron chi connectivity index (χ3n) is 5.56. The molecule has 0 bridgehead atoms. The maximum atomic E-state index is 13.1. The lowest BCUT2D eigenvalue weighted by Crippen LogP contribution is -2.43. The minimum atomic E-state index is -0.0717. The molecule has 27 heavy (non-hydrogen) atoms. The number of aromatic nitrogens is 1. The smallest absolute Gasteiger partial charge is 0.270 e. The predicted molar refractivity (Wildman–Crippen MR) is 107 cm³/mol. The summed E-state index contributed by atoms with van der Waals surface area (Å²) in [5, 5.41) is 1.07. The van der Waals surface area contributed by atoms with Gasteiger partial charge in [0.25, 0.3) is 5.91 Å². The van der Waals surface area contributed by atoms with Crippen molar-refractivity contribution in [1.29, 1.82) is 0 Å². The Morgan fingerprint density at radius 3 is 2.56 bits per heavy atom. The first-order chi connectivity index (χ1) is 13.1. The maximum Gasteiger partial charge on any atom is 0.270 e. The van der Waals surface area contributed by atoms with E-state index in [2.05, 4.69) is 0 Å². The molecule has 2 aromatic carbocycles. The third kappa shape index (κ3) is 3.52. The van der Waals surface area contributed by atoms with Crippen LogP contribution < -0.4 is 0 Å². The van der Waals surface area contributed by atoms with Gasteiger partial charge in [-0.15, -0.1) is 0 Å². The third-order valence-corrected chi connectivity index (χ3v) is 5.56. The number of nitrogens with zero attached hydrogens (tertiary/aromatic N) is 2. The number of benzene rings is 2. The topological polar surface area (TPSA) is 42.3 Å². The lowest BCUT2D eigenvalue weighted by molar-refractivity contribution is -0.123. The van der Waals surface area contributed by atoms with Crippen LogP contribution in [0.15, 0.2) is 60.7 Å². The standard InChI is InChI=1S/C23H24N2O2/c1-24-20-12-6-5-10-18(20)15-21(24)23(27)25-13-7-11-19(16-25)22(26)14-17-8-3-2-4-9-17/h2-6,8-10,12,15,19H,7,11,13-14,16H2,1H3. The summed E-state index contributed by atoms with van der Waals surface area (Å²) in [4.78, 5) is 27.7. The average molecular weight is 360 g/mol. The highest BCUT2D eigenvalue weighted by Gasteiger charge is 2.30. The number of rotatable bonds is 4. The first-order valence-electron chi connectivity index (χ1n) is 9.54. The summed E-state index contributed by atoms with van der Waals surface area (Å²) in [6, 6.07) is 19.8. The van der Waals surface area contributed by atoms with E-state index in [-0.39, 0.29) is 17.6 Å². The zero-order valence-electron chi connectivity index (χ0n) is 15.6. The summed E-state index contributed by atoms with van der Waals surface area (Å²) in [7, 11) is 1.93. The number of aryl methyl sites for hydroxylation is 1. The molecule has 1 saturated heterocycles. The van der Waals surface area contributed by atoms with Gasteiger partial charge in [0.2, 0.25) is 0 Å². The fourth-order valence-electron chi connectivity index (χ4n) is 4.02. The van der Waals surface area contributed by atoms with Crippen molar-refractivity contribution in [3.63, 3.8) is 0 Å². The summed E-state index contributed by atoms with van der Waals surface area (Å²) >= 11 is 0. The van der Waals surface area contributed by atoms with Gasteiger partial charge in [0.15, 0.2) is 0 Å². The summed E-state index contributed by atoms with van der Waals surface area (Å²) < 4.78 is 1.95. The number of amides is 1. The van der Waals surface area contributed by atoms with Gasteiger partial charge in [0, 0.05) is 43.4 Å². The zero-order chi connectivity index (χ0) is 18.8. The molecule has 4 heteroatoms. The van der Waals surface area contributed by atoms with Crippen molar-refractivity contribution in [1.82, 2.24) is 9.47 Å². The number of hydrogen-bond donors (Lipinski definition) is 0. The Morgan fingerprint density at radius 1 is 1.04 bits per heavy atom. The van der Waals surface area contributed by atoms with Crippen LogP contribution in [0.3, 0.4) is 0 Å². The number of carbonyl (C=O) groups excluding carboxylic acids is 2. The number of fused-ring (bicyclic) bond motifs is 1. The largest absolute Gasteiger partial charge is 0.340 e. The molecule has 138 valence electrons. The van der Waals surface area contributed by atoms with Gasteiger partial charge in [-0.05, 0) is 30.5 Å². The molecule has 1 fully saturated rings. The Balaban J connectivity index is 1.49. The van der Waals surface area contributed by atoms with E-state index in [9.17, 15) is 9.59 Å². The summed E-state index contributed by atoms with van der Waals surface area (Å²) in [6.45, 7) is 1.24. The lowest BCUT2D eigenvalue weighted by Gasteiger charge is -2.32. The summed E-state index contributed by atoms with van der Waals surface area (Å²) in [5.41, 5.74) is 2.78.